The molecule has 0 aliphatic carbocycles. The van der Waals surface area contributed by atoms with E-state index in [9.17, 15) is 21.6 Å². The van der Waals surface area contributed by atoms with Crippen LogP contribution in [0.2, 0.25) is 0 Å². The Bertz CT molecular complexity index is 1510. The zero-order valence-corrected chi connectivity index (χ0v) is 23.6. The number of sulfonamides is 2. The van der Waals surface area contributed by atoms with Crippen LogP contribution in [-0.2, 0) is 29.6 Å². The number of amides is 1. The number of anilines is 2. The van der Waals surface area contributed by atoms with E-state index in [-0.39, 0.29) is 53.2 Å². The van der Waals surface area contributed by atoms with E-state index in [0.29, 0.717) is 4.47 Å². The number of hydrogen-bond donors (Lipinski definition) is 1. The smallest absolute Gasteiger partial charge is 0.264 e. The van der Waals surface area contributed by atoms with Gasteiger partial charge in [-0.1, -0.05) is 40.2 Å². The normalized spacial score (nSPS) is 14.6. The Morgan fingerprint density at radius 1 is 1.00 bits per heavy atom. The fourth-order valence-electron chi connectivity index (χ4n) is 3.88. The zero-order chi connectivity index (χ0) is 27.3. The number of benzene rings is 3. The van der Waals surface area contributed by atoms with Crippen molar-refractivity contribution in [3.05, 3.63) is 77.3 Å². The molecular formula is C25H26BrN3O7S2. The predicted octanol–water partition coefficient (Wildman–Crippen LogP) is 3.31. The van der Waals surface area contributed by atoms with Crippen LogP contribution in [0.5, 0.6) is 5.75 Å². The monoisotopic (exact) mass is 623 g/mol. The van der Waals surface area contributed by atoms with Gasteiger partial charge in [0, 0.05) is 23.2 Å². The summed E-state index contributed by atoms with van der Waals surface area (Å²) in [6.07, 6.45) is 0. The Morgan fingerprint density at radius 2 is 1.71 bits per heavy atom. The average molecular weight is 625 g/mol. The number of nitrogens with zero attached hydrogens (tertiary/aromatic N) is 2. The van der Waals surface area contributed by atoms with Gasteiger partial charge in [0.1, 0.15) is 17.2 Å². The molecule has 13 heteroatoms. The van der Waals surface area contributed by atoms with E-state index in [1.807, 2.05) is 0 Å². The van der Waals surface area contributed by atoms with Gasteiger partial charge in [-0.05, 0) is 48.5 Å². The first kappa shape index (κ1) is 28.0. The van der Waals surface area contributed by atoms with Crippen molar-refractivity contribution in [2.24, 2.45) is 0 Å². The molecule has 3 aromatic carbocycles. The molecule has 0 unspecified atom stereocenters. The molecule has 1 amide bonds. The number of carbonyl (C=O) groups excluding carboxylic acids is 1. The second kappa shape index (κ2) is 11.8. The second-order valence-corrected chi connectivity index (χ2v) is 12.9. The Morgan fingerprint density at radius 3 is 2.37 bits per heavy atom. The highest BCUT2D eigenvalue weighted by Crippen LogP contribution is 2.31. The largest absolute Gasteiger partial charge is 0.495 e. The van der Waals surface area contributed by atoms with E-state index in [1.54, 1.807) is 42.5 Å². The molecule has 1 heterocycles. The zero-order valence-electron chi connectivity index (χ0n) is 20.4. The van der Waals surface area contributed by atoms with Crippen molar-refractivity contribution in [2.75, 3.05) is 49.6 Å². The summed E-state index contributed by atoms with van der Waals surface area (Å²) in [7, 11) is -6.67. The van der Waals surface area contributed by atoms with E-state index in [0.717, 1.165) is 4.31 Å². The summed E-state index contributed by atoms with van der Waals surface area (Å²) >= 11 is 3.34. The Hall–Kier alpha value is -2.97. The summed E-state index contributed by atoms with van der Waals surface area (Å²) in [5.74, 6) is -0.540. The lowest BCUT2D eigenvalue weighted by Crippen LogP contribution is -2.40. The van der Waals surface area contributed by atoms with E-state index >= 15 is 0 Å². The lowest BCUT2D eigenvalue weighted by Gasteiger charge is -2.27. The standard InChI is InChI=1S/C25H26BrN3O7S2/c1-35-23-11-10-20(17-24(23)38(33,34)28-12-14-36-15-13-28)27-25(30)18-29(21-7-5-6-19(26)16-21)37(31,32)22-8-3-2-4-9-22/h2-11,16-17H,12-15,18H2,1H3,(H,27,30). The third kappa shape index (κ3) is 6.18. The van der Waals surface area contributed by atoms with E-state index in [1.165, 1.54) is 41.7 Å². The minimum atomic E-state index is -4.10. The molecular weight excluding hydrogens is 598 g/mol. The first-order chi connectivity index (χ1) is 18.1. The lowest BCUT2D eigenvalue weighted by molar-refractivity contribution is -0.114. The van der Waals surface area contributed by atoms with Crippen LogP contribution >= 0.6 is 15.9 Å². The Balaban J connectivity index is 1.63. The van der Waals surface area contributed by atoms with Crippen LogP contribution in [0.3, 0.4) is 0 Å². The van der Waals surface area contributed by atoms with Crippen LogP contribution in [0, 0.1) is 0 Å². The molecule has 1 fully saturated rings. The Labute approximate surface area is 230 Å². The summed E-state index contributed by atoms with van der Waals surface area (Å²) in [6.45, 7) is 0.395. The van der Waals surface area contributed by atoms with Gasteiger partial charge >= 0.3 is 0 Å². The maximum Gasteiger partial charge on any atom is 0.264 e. The minimum absolute atomic E-state index is 0.0242. The van der Waals surface area contributed by atoms with Gasteiger partial charge in [-0.25, -0.2) is 16.8 Å². The van der Waals surface area contributed by atoms with Gasteiger partial charge in [0.15, 0.2) is 0 Å². The third-order valence-corrected chi connectivity index (χ3v) is 9.95. The first-order valence-corrected chi connectivity index (χ1v) is 15.2. The van der Waals surface area contributed by atoms with Gasteiger partial charge in [-0.15, -0.1) is 0 Å². The van der Waals surface area contributed by atoms with Crippen LogP contribution in [0.25, 0.3) is 0 Å². The number of ether oxygens (including phenoxy) is 2. The van der Waals surface area contributed by atoms with Gasteiger partial charge in [-0.3, -0.25) is 9.10 Å². The second-order valence-electron chi connectivity index (χ2n) is 8.23. The Kier molecular flexibility index (Phi) is 8.73. The minimum Gasteiger partial charge on any atom is -0.495 e. The third-order valence-electron chi connectivity index (χ3n) is 5.75. The molecule has 10 nitrogen and oxygen atoms in total. The predicted molar refractivity (Wildman–Crippen MR) is 146 cm³/mol. The number of carbonyl (C=O) groups is 1. The van der Waals surface area contributed by atoms with Gasteiger partial charge in [-0.2, -0.15) is 4.31 Å². The summed E-state index contributed by atoms with van der Waals surface area (Å²) < 4.78 is 67.0. The van der Waals surface area contributed by atoms with Crippen molar-refractivity contribution >= 4 is 53.3 Å². The summed E-state index contributed by atoms with van der Waals surface area (Å²) in [5, 5.41) is 2.63. The molecule has 4 rings (SSSR count). The van der Waals surface area contributed by atoms with E-state index < -0.39 is 32.5 Å². The quantitative estimate of drug-likeness (QED) is 0.388. The van der Waals surface area contributed by atoms with Crippen molar-refractivity contribution in [3.63, 3.8) is 0 Å². The molecule has 202 valence electrons. The van der Waals surface area contributed by atoms with Gasteiger partial charge < -0.3 is 14.8 Å². The molecule has 1 N–H and O–H groups in total. The molecule has 1 aliphatic rings. The highest BCUT2D eigenvalue weighted by molar-refractivity contribution is 9.10. The summed E-state index contributed by atoms with van der Waals surface area (Å²) in [6, 6.07) is 18.6. The SMILES string of the molecule is COc1ccc(NC(=O)CN(c2cccc(Br)c2)S(=O)(=O)c2ccccc2)cc1S(=O)(=O)N1CCOCC1. The average Bonchev–Trinajstić information content (AvgIpc) is 2.92. The maximum absolute atomic E-state index is 13.5. The number of halogens is 1. The molecule has 0 spiro atoms. The van der Waals surface area contributed by atoms with E-state index in [2.05, 4.69) is 21.2 Å². The number of hydrogen-bond acceptors (Lipinski definition) is 7. The number of morpholine rings is 1. The molecule has 38 heavy (non-hydrogen) atoms. The van der Waals surface area contributed by atoms with Crippen molar-refractivity contribution < 1.29 is 31.1 Å². The van der Waals surface area contributed by atoms with E-state index in [4.69, 9.17) is 9.47 Å². The fourth-order valence-corrected chi connectivity index (χ4v) is 7.29. The molecule has 0 aromatic heterocycles. The van der Waals surface area contributed by atoms with Crippen molar-refractivity contribution in [1.82, 2.24) is 4.31 Å². The van der Waals surface area contributed by atoms with Crippen molar-refractivity contribution in [2.45, 2.75) is 9.79 Å². The highest BCUT2D eigenvalue weighted by atomic mass is 79.9. The van der Waals surface area contributed by atoms with Gasteiger partial charge in [0.25, 0.3) is 10.0 Å². The molecule has 1 aliphatic heterocycles. The van der Waals surface area contributed by atoms with Crippen molar-refractivity contribution in [1.29, 1.82) is 0 Å². The van der Waals surface area contributed by atoms with Crippen molar-refractivity contribution in [3.8, 4) is 5.75 Å². The molecule has 0 atom stereocenters. The fraction of sp³-hybridized carbons (Fsp3) is 0.240. The molecule has 0 bridgehead atoms. The molecule has 3 aromatic rings. The molecule has 1 saturated heterocycles. The summed E-state index contributed by atoms with van der Waals surface area (Å²) in [5.41, 5.74) is 0.456. The van der Waals surface area contributed by atoms with Crippen LogP contribution < -0.4 is 14.4 Å². The summed E-state index contributed by atoms with van der Waals surface area (Å²) in [4.78, 5) is 13.1. The van der Waals surface area contributed by atoms with Gasteiger partial charge in [0.2, 0.25) is 15.9 Å². The van der Waals surface area contributed by atoms with Crippen LogP contribution in [0.4, 0.5) is 11.4 Å². The van der Waals surface area contributed by atoms with Crippen LogP contribution in [-0.4, -0.2) is 67.0 Å². The lowest BCUT2D eigenvalue weighted by atomic mass is 10.3. The first-order valence-electron chi connectivity index (χ1n) is 11.5. The van der Waals surface area contributed by atoms with Crippen LogP contribution in [0.1, 0.15) is 0 Å². The number of methoxy groups -OCH3 is 1. The number of rotatable bonds is 9. The number of nitrogens with one attached hydrogen (secondary N) is 1. The molecule has 0 radical (unpaired) electrons. The highest BCUT2D eigenvalue weighted by Gasteiger charge is 2.31. The molecule has 0 saturated carbocycles. The topological polar surface area (TPSA) is 122 Å². The van der Waals surface area contributed by atoms with Gasteiger partial charge in [0.05, 0.1) is 30.9 Å². The van der Waals surface area contributed by atoms with Crippen LogP contribution in [0.15, 0.2) is 87.1 Å². The maximum atomic E-state index is 13.5.